The average molecular weight is 225 g/mol. The van der Waals surface area contributed by atoms with Crippen LogP contribution < -0.4 is 5.32 Å². The quantitative estimate of drug-likeness (QED) is 0.818. The van der Waals surface area contributed by atoms with Crippen molar-refractivity contribution in [2.24, 2.45) is 5.92 Å². The predicted octanol–water partition coefficient (Wildman–Crippen LogP) is 1.63. The molecule has 0 fully saturated rings. The number of benzene rings is 1. The standard InChI is InChI=1S/C12H16FNO2/c1-8(2)7-14-12(16)11(15)9-3-5-10(13)6-4-9/h3-6,8,11,15H,7H2,1-2H3,(H,14,16). The van der Waals surface area contributed by atoms with Gasteiger partial charge in [0.15, 0.2) is 6.10 Å². The van der Waals surface area contributed by atoms with Crippen LogP contribution in [-0.4, -0.2) is 17.6 Å². The molecule has 0 saturated carbocycles. The maximum Gasteiger partial charge on any atom is 0.253 e. The number of nitrogens with one attached hydrogen (secondary N) is 1. The first-order valence-electron chi connectivity index (χ1n) is 5.22. The third-order valence-electron chi connectivity index (χ3n) is 2.12. The molecule has 1 atom stereocenters. The molecule has 0 saturated heterocycles. The van der Waals surface area contributed by atoms with Gasteiger partial charge in [-0.25, -0.2) is 4.39 Å². The molecule has 0 spiro atoms. The molecule has 0 aliphatic rings. The molecule has 1 unspecified atom stereocenters. The van der Waals surface area contributed by atoms with E-state index in [4.69, 9.17) is 0 Å². The highest BCUT2D eigenvalue weighted by atomic mass is 19.1. The Kier molecular flexibility index (Phi) is 4.43. The van der Waals surface area contributed by atoms with Gasteiger partial charge in [0.2, 0.25) is 0 Å². The van der Waals surface area contributed by atoms with Gasteiger partial charge in [-0.3, -0.25) is 4.79 Å². The number of aliphatic hydroxyl groups is 1. The lowest BCUT2D eigenvalue weighted by atomic mass is 10.1. The first-order chi connectivity index (χ1) is 7.50. The second-order valence-corrected chi connectivity index (χ2v) is 4.09. The van der Waals surface area contributed by atoms with Gasteiger partial charge >= 0.3 is 0 Å². The molecule has 3 nitrogen and oxygen atoms in total. The van der Waals surface area contributed by atoms with Gasteiger partial charge in [0, 0.05) is 6.54 Å². The number of carbonyl (C=O) groups is 1. The van der Waals surface area contributed by atoms with Crippen LogP contribution in [0, 0.1) is 11.7 Å². The van der Waals surface area contributed by atoms with E-state index in [0.717, 1.165) is 0 Å². The molecular formula is C12H16FNO2. The Balaban J connectivity index is 2.59. The van der Waals surface area contributed by atoms with Gasteiger partial charge in [0.25, 0.3) is 5.91 Å². The van der Waals surface area contributed by atoms with Crippen LogP contribution in [0.1, 0.15) is 25.5 Å². The van der Waals surface area contributed by atoms with Crippen LogP contribution in [0.2, 0.25) is 0 Å². The SMILES string of the molecule is CC(C)CNC(=O)C(O)c1ccc(F)cc1. The van der Waals surface area contributed by atoms with Crippen molar-refractivity contribution < 1.29 is 14.3 Å². The molecule has 16 heavy (non-hydrogen) atoms. The number of halogens is 1. The van der Waals surface area contributed by atoms with Crippen molar-refractivity contribution in [2.45, 2.75) is 20.0 Å². The summed E-state index contributed by atoms with van der Waals surface area (Å²) in [6.45, 7) is 4.44. The molecule has 0 aliphatic heterocycles. The van der Waals surface area contributed by atoms with Gasteiger partial charge < -0.3 is 10.4 Å². The van der Waals surface area contributed by atoms with Crippen LogP contribution in [0.4, 0.5) is 4.39 Å². The first-order valence-corrected chi connectivity index (χ1v) is 5.22. The molecule has 0 aromatic heterocycles. The summed E-state index contributed by atoms with van der Waals surface area (Å²) in [6, 6.07) is 5.23. The van der Waals surface area contributed by atoms with Gasteiger partial charge in [-0.05, 0) is 23.6 Å². The second kappa shape index (κ2) is 5.61. The Bertz CT molecular complexity index is 349. The fourth-order valence-corrected chi connectivity index (χ4v) is 1.20. The lowest BCUT2D eigenvalue weighted by Crippen LogP contribution is -2.32. The normalized spacial score (nSPS) is 12.6. The first kappa shape index (κ1) is 12.6. The van der Waals surface area contributed by atoms with Crippen molar-refractivity contribution in [3.63, 3.8) is 0 Å². The van der Waals surface area contributed by atoms with Crippen molar-refractivity contribution in [3.8, 4) is 0 Å². The van der Waals surface area contributed by atoms with E-state index in [1.54, 1.807) is 0 Å². The largest absolute Gasteiger partial charge is 0.378 e. The van der Waals surface area contributed by atoms with Crippen LogP contribution in [0.25, 0.3) is 0 Å². The number of carbonyl (C=O) groups excluding carboxylic acids is 1. The van der Waals surface area contributed by atoms with Crippen molar-refractivity contribution in [3.05, 3.63) is 35.6 Å². The Morgan fingerprint density at radius 1 is 1.38 bits per heavy atom. The lowest BCUT2D eigenvalue weighted by molar-refractivity contribution is -0.129. The van der Waals surface area contributed by atoms with E-state index in [0.29, 0.717) is 18.0 Å². The smallest absolute Gasteiger partial charge is 0.253 e. The minimum Gasteiger partial charge on any atom is -0.378 e. The van der Waals surface area contributed by atoms with Crippen molar-refractivity contribution >= 4 is 5.91 Å². The summed E-state index contributed by atoms with van der Waals surface area (Å²) < 4.78 is 12.6. The highest BCUT2D eigenvalue weighted by Crippen LogP contribution is 2.13. The van der Waals surface area contributed by atoms with Gasteiger partial charge in [0.1, 0.15) is 5.82 Å². The summed E-state index contributed by atoms with van der Waals surface area (Å²) in [5.41, 5.74) is 0.391. The van der Waals surface area contributed by atoms with Crippen molar-refractivity contribution in [1.29, 1.82) is 0 Å². The number of hydrogen-bond acceptors (Lipinski definition) is 2. The Morgan fingerprint density at radius 2 is 1.94 bits per heavy atom. The third kappa shape index (κ3) is 3.62. The zero-order chi connectivity index (χ0) is 12.1. The fraction of sp³-hybridized carbons (Fsp3) is 0.417. The highest BCUT2D eigenvalue weighted by Gasteiger charge is 2.16. The second-order valence-electron chi connectivity index (χ2n) is 4.09. The molecule has 4 heteroatoms. The molecule has 88 valence electrons. The minimum absolute atomic E-state index is 0.323. The van der Waals surface area contributed by atoms with Crippen LogP contribution >= 0.6 is 0 Å². The maximum absolute atomic E-state index is 12.6. The molecule has 0 radical (unpaired) electrons. The Hall–Kier alpha value is -1.42. The van der Waals surface area contributed by atoms with Crippen molar-refractivity contribution in [1.82, 2.24) is 5.32 Å². The van der Waals surface area contributed by atoms with Gasteiger partial charge in [-0.2, -0.15) is 0 Å². The molecule has 1 aromatic rings. The molecule has 1 rings (SSSR count). The minimum atomic E-state index is -1.24. The molecule has 2 N–H and O–H groups in total. The summed E-state index contributed by atoms with van der Waals surface area (Å²) in [5.74, 6) is -0.525. The predicted molar refractivity (Wildman–Crippen MR) is 59.2 cm³/mol. The van der Waals surface area contributed by atoms with E-state index in [1.165, 1.54) is 24.3 Å². The highest BCUT2D eigenvalue weighted by molar-refractivity contribution is 5.81. The van der Waals surface area contributed by atoms with Crippen molar-refractivity contribution in [2.75, 3.05) is 6.54 Å². The van der Waals surface area contributed by atoms with Crippen LogP contribution in [0.5, 0.6) is 0 Å². The van der Waals surface area contributed by atoms with E-state index < -0.39 is 17.8 Å². The van der Waals surface area contributed by atoms with E-state index in [-0.39, 0.29) is 0 Å². The van der Waals surface area contributed by atoms with Crippen LogP contribution in [-0.2, 0) is 4.79 Å². The topological polar surface area (TPSA) is 49.3 Å². The maximum atomic E-state index is 12.6. The zero-order valence-electron chi connectivity index (χ0n) is 9.40. The zero-order valence-corrected chi connectivity index (χ0v) is 9.40. The number of aliphatic hydroxyl groups excluding tert-OH is 1. The molecule has 0 bridgehead atoms. The number of rotatable bonds is 4. The number of amides is 1. The summed E-state index contributed by atoms with van der Waals surface area (Å²) in [7, 11) is 0. The fourth-order valence-electron chi connectivity index (χ4n) is 1.20. The Morgan fingerprint density at radius 3 is 2.44 bits per heavy atom. The molecule has 1 amide bonds. The van der Waals surface area contributed by atoms with E-state index in [9.17, 15) is 14.3 Å². The lowest BCUT2D eigenvalue weighted by Gasteiger charge is -2.12. The van der Waals surface area contributed by atoms with Crippen LogP contribution in [0.15, 0.2) is 24.3 Å². The summed E-state index contributed by atoms with van der Waals surface area (Å²) in [6.07, 6.45) is -1.24. The average Bonchev–Trinajstić information content (AvgIpc) is 2.26. The molecule has 0 heterocycles. The molecular weight excluding hydrogens is 209 g/mol. The number of hydrogen-bond donors (Lipinski definition) is 2. The van der Waals surface area contributed by atoms with Gasteiger partial charge in [0.05, 0.1) is 0 Å². The summed E-state index contributed by atoms with van der Waals surface area (Å²) >= 11 is 0. The molecule has 0 aliphatic carbocycles. The van der Waals surface area contributed by atoms with Gasteiger partial charge in [-0.15, -0.1) is 0 Å². The summed E-state index contributed by atoms with van der Waals surface area (Å²) in [4.78, 5) is 11.5. The summed E-state index contributed by atoms with van der Waals surface area (Å²) in [5, 5.41) is 12.3. The van der Waals surface area contributed by atoms with E-state index in [2.05, 4.69) is 5.32 Å². The van der Waals surface area contributed by atoms with Crippen LogP contribution in [0.3, 0.4) is 0 Å². The molecule has 1 aromatic carbocycles. The Labute approximate surface area is 94.3 Å². The third-order valence-corrected chi connectivity index (χ3v) is 2.12. The van der Waals surface area contributed by atoms with E-state index >= 15 is 0 Å². The monoisotopic (exact) mass is 225 g/mol. The van der Waals surface area contributed by atoms with Gasteiger partial charge in [-0.1, -0.05) is 26.0 Å². The van der Waals surface area contributed by atoms with E-state index in [1.807, 2.05) is 13.8 Å².